The Labute approximate surface area is 218 Å². The molecule has 5 heteroatoms. The Hall–Kier alpha value is -1.85. The van der Waals surface area contributed by atoms with Gasteiger partial charge in [0.05, 0.1) is 18.8 Å². The number of unbranched alkanes of at least 4 members (excludes halogenated alkanes) is 2. The van der Waals surface area contributed by atoms with Gasteiger partial charge in [0.1, 0.15) is 17.1 Å². The molecule has 36 heavy (non-hydrogen) atoms. The van der Waals surface area contributed by atoms with E-state index in [0.29, 0.717) is 18.1 Å². The molecule has 200 valence electrons. The van der Waals surface area contributed by atoms with Gasteiger partial charge in [0.25, 0.3) is 0 Å². The van der Waals surface area contributed by atoms with Crippen molar-refractivity contribution in [2.75, 3.05) is 32.8 Å². The van der Waals surface area contributed by atoms with Crippen LogP contribution in [0.4, 0.5) is 0 Å². The maximum absolute atomic E-state index is 13.0. The number of carbonyl (C=O) groups excluding carboxylic acids is 1. The molecule has 4 rings (SSSR count). The van der Waals surface area contributed by atoms with Crippen LogP contribution >= 0.6 is 0 Å². The highest BCUT2D eigenvalue weighted by Gasteiger charge is 2.39. The van der Waals surface area contributed by atoms with Crippen molar-refractivity contribution in [3.05, 3.63) is 28.8 Å². The first-order chi connectivity index (χ1) is 17.4. The molecule has 0 N–H and O–H groups in total. The van der Waals surface area contributed by atoms with E-state index in [1.807, 2.05) is 0 Å². The Morgan fingerprint density at radius 1 is 1.11 bits per heavy atom. The fraction of sp³-hybridized carbons (Fsp3) is 0.710. The Kier molecular flexibility index (Phi) is 9.52. The largest absolute Gasteiger partial charge is 0.483 e. The van der Waals surface area contributed by atoms with Gasteiger partial charge >= 0.3 is 5.97 Å². The van der Waals surface area contributed by atoms with E-state index in [9.17, 15) is 4.79 Å². The number of fused-ring (bicyclic) bond motifs is 2. The first-order valence-electron chi connectivity index (χ1n) is 14.5. The average molecular weight is 498 g/mol. The number of allylic oxidation sites excluding steroid dienone is 1. The number of nitrogens with zero attached hydrogens (tertiary/aromatic N) is 1. The van der Waals surface area contributed by atoms with Gasteiger partial charge in [-0.25, -0.2) is 0 Å². The maximum atomic E-state index is 13.0. The van der Waals surface area contributed by atoms with Gasteiger partial charge in [-0.05, 0) is 93.7 Å². The van der Waals surface area contributed by atoms with Gasteiger partial charge in [-0.1, -0.05) is 39.5 Å². The van der Waals surface area contributed by atoms with E-state index >= 15 is 0 Å². The van der Waals surface area contributed by atoms with E-state index in [1.165, 1.54) is 42.4 Å². The van der Waals surface area contributed by atoms with Crippen LogP contribution in [-0.4, -0.2) is 49.3 Å². The molecule has 0 saturated carbocycles. The topological polar surface area (TPSA) is 48.0 Å². The van der Waals surface area contributed by atoms with Gasteiger partial charge in [0.2, 0.25) is 0 Å². The van der Waals surface area contributed by atoms with Crippen LogP contribution in [0.2, 0.25) is 0 Å². The summed E-state index contributed by atoms with van der Waals surface area (Å²) in [5.41, 5.74) is 4.66. The number of hydrogen-bond acceptors (Lipinski definition) is 5. The minimum Gasteiger partial charge on any atom is -0.483 e. The lowest BCUT2D eigenvalue weighted by molar-refractivity contribution is -0.134. The molecule has 1 atom stereocenters. The highest BCUT2D eigenvalue weighted by Crippen LogP contribution is 2.52. The molecule has 1 saturated heterocycles. The normalized spacial score (nSPS) is 20.0. The zero-order chi connectivity index (χ0) is 25.5. The molecule has 1 fully saturated rings. The summed E-state index contributed by atoms with van der Waals surface area (Å²) in [7, 11) is 0. The Balaban J connectivity index is 1.48. The van der Waals surface area contributed by atoms with Crippen LogP contribution in [0.1, 0.15) is 103 Å². The number of morpholine rings is 1. The first kappa shape index (κ1) is 27.2. The lowest BCUT2D eigenvalue weighted by Gasteiger charge is -2.35. The van der Waals surface area contributed by atoms with Crippen molar-refractivity contribution in [3.8, 4) is 11.5 Å². The monoisotopic (exact) mass is 497 g/mol. The molecule has 1 aromatic carbocycles. The van der Waals surface area contributed by atoms with Crippen LogP contribution in [0, 0.1) is 5.92 Å². The van der Waals surface area contributed by atoms with Gasteiger partial charge in [-0.15, -0.1) is 0 Å². The predicted octanol–water partition coefficient (Wildman–Crippen LogP) is 6.96. The lowest BCUT2D eigenvalue weighted by atomic mass is 9.86. The predicted molar refractivity (Wildman–Crippen MR) is 146 cm³/mol. The van der Waals surface area contributed by atoms with Crippen molar-refractivity contribution in [2.45, 2.75) is 104 Å². The number of esters is 1. The van der Waals surface area contributed by atoms with Crippen LogP contribution in [0.25, 0.3) is 5.57 Å². The fourth-order valence-corrected chi connectivity index (χ4v) is 6.01. The molecular weight excluding hydrogens is 450 g/mol. The molecule has 3 aliphatic rings. The summed E-state index contributed by atoms with van der Waals surface area (Å²) in [6.07, 6.45) is 11.8. The first-order valence-corrected chi connectivity index (χ1v) is 14.5. The van der Waals surface area contributed by atoms with Gasteiger partial charge in [-0.3, -0.25) is 9.69 Å². The third kappa shape index (κ3) is 6.92. The highest BCUT2D eigenvalue weighted by atomic mass is 16.5. The molecule has 1 unspecified atom stereocenters. The second kappa shape index (κ2) is 12.6. The Morgan fingerprint density at radius 2 is 1.92 bits per heavy atom. The molecule has 0 aromatic heterocycles. The molecule has 0 spiro atoms. The number of rotatable bonds is 12. The fourth-order valence-electron chi connectivity index (χ4n) is 6.01. The second-order valence-corrected chi connectivity index (χ2v) is 11.6. The van der Waals surface area contributed by atoms with E-state index in [-0.39, 0.29) is 11.6 Å². The molecule has 2 aliphatic heterocycles. The summed E-state index contributed by atoms with van der Waals surface area (Å²) >= 11 is 0. The van der Waals surface area contributed by atoms with E-state index in [2.05, 4.69) is 44.7 Å². The molecule has 5 nitrogen and oxygen atoms in total. The Morgan fingerprint density at radius 3 is 2.69 bits per heavy atom. The van der Waals surface area contributed by atoms with Crippen molar-refractivity contribution in [3.63, 3.8) is 0 Å². The zero-order valence-electron chi connectivity index (χ0n) is 23.1. The third-order valence-electron chi connectivity index (χ3n) is 8.15. The molecule has 0 amide bonds. The molecular formula is C31H47NO4. The minimum atomic E-state index is -0.301. The molecule has 1 aliphatic carbocycles. The number of ether oxygens (including phenoxy) is 3. The quantitative estimate of drug-likeness (QED) is 0.177. The summed E-state index contributed by atoms with van der Waals surface area (Å²) in [6.45, 7) is 13.4. The van der Waals surface area contributed by atoms with E-state index in [4.69, 9.17) is 14.2 Å². The van der Waals surface area contributed by atoms with Gasteiger partial charge in [0.15, 0.2) is 0 Å². The van der Waals surface area contributed by atoms with Gasteiger partial charge in [0, 0.05) is 19.5 Å². The number of hydrogen-bond donors (Lipinski definition) is 0. The Bertz CT molecular complexity index is 929. The van der Waals surface area contributed by atoms with Crippen LogP contribution in [-0.2, 0) is 16.0 Å². The number of aryl methyl sites for hydroxylation is 1. The zero-order valence-corrected chi connectivity index (χ0v) is 23.1. The van der Waals surface area contributed by atoms with E-state index < -0.39 is 0 Å². The van der Waals surface area contributed by atoms with Gasteiger partial charge < -0.3 is 14.2 Å². The van der Waals surface area contributed by atoms with Crippen LogP contribution in [0.5, 0.6) is 11.5 Å². The minimum absolute atomic E-state index is 0.138. The lowest BCUT2D eigenvalue weighted by Crippen LogP contribution is -2.37. The van der Waals surface area contributed by atoms with E-state index in [1.54, 1.807) is 0 Å². The average Bonchev–Trinajstić information content (AvgIpc) is 3.34. The second-order valence-electron chi connectivity index (χ2n) is 11.6. The standard InChI is InChI=1S/C31H47NO4/c1-5-6-7-10-23(2)14-15-24-21-27(35-29(33)13-9-16-32-17-19-34-20-18-32)30-25-11-8-12-26(25)31(3,4)36-28(30)22-24/h21-23H,5-20H2,1-4H3. The van der Waals surface area contributed by atoms with Crippen LogP contribution < -0.4 is 9.47 Å². The summed E-state index contributed by atoms with van der Waals surface area (Å²) in [4.78, 5) is 15.3. The van der Waals surface area contributed by atoms with Crippen molar-refractivity contribution in [1.29, 1.82) is 0 Å². The third-order valence-corrected chi connectivity index (χ3v) is 8.15. The van der Waals surface area contributed by atoms with Crippen molar-refractivity contribution in [2.24, 2.45) is 5.92 Å². The molecule has 2 heterocycles. The summed E-state index contributed by atoms with van der Waals surface area (Å²) in [6, 6.07) is 4.34. The summed E-state index contributed by atoms with van der Waals surface area (Å²) in [5, 5.41) is 0. The van der Waals surface area contributed by atoms with Crippen LogP contribution in [0.3, 0.4) is 0 Å². The van der Waals surface area contributed by atoms with E-state index in [0.717, 1.165) is 82.7 Å². The van der Waals surface area contributed by atoms with Crippen molar-refractivity contribution < 1.29 is 19.0 Å². The van der Waals surface area contributed by atoms with Crippen molar-refractivity contribution in [1.82, 2.24) is 4.90 Å². The summed E-state index contributed by atoms with van der Waals surface area (Å²) < 4.78 is 18.1. The maximum Gasteiger partial charge on any atom is 0.311 e. The van der Waals surface area contributed by atoms with Gasteiger partial charge in [-0.2, -0.15) is 0 Å². The molecule has 1 aromatic rings. The number of carbonyl (C=O) groups is 1. The molecule has 0 radical (unpaired) electrons. The van der Waals surface area contributed by atoms with Crippen molar-refractivity contribution >= 4 is 11.5 Å². The molecule has 0 bridgehead atoms. The summed E-state index contributed by atoms with van der Waals surface area (Å²) in [5.74, 6) is 2.16. The SMILES string of the molecule is CCCCCC(C)CCc1cc(OC(=O)CCCN2CCOCC2)c2c(c1)OC(C)(C)C1=C2CCC1. The highest BCUT2D eigenvalue weighted by molar-refractivity contribution is 5.84. The number of benzene rings is 1. The van der Waals surface area contributed by atoms with Crippen LogP contribution in [0.15, 0.2) is 17.7 Å². The smallest absolute Gasteiger partial charge is 0.311 e.